The van der Waals surface area contributed by atoms with E-state index in [1.165, 1.54) is 16.6 Å². The monoisotopic (exact) mass is 615 g/mol. The predicted molar refractivity (Wildman–Crippen MR) is 159 cm³/mol. The molecule has 1 amide bonds. The summed E-state index contributed by atoms with van der Waals surface area (Å²) >= 11 is 1.18. The summed E-state index contributed by atoms with van der Waals surface area (Å²) in [7, 11) is 0. The summed E-state index contributed by atoms with van der Waals surface area (Å²) in [5, 5.41) is 8.55. The van der Waals surface area contributed by atoms with Gasteiger partial charge in [0, 0.05) is 42.8 Å². The van der Waals surface area contributed by atoms with E-state index in [0.29, 0.717) is 28.1 Å². The zero-order chi connectivity index (χ0) is 30.4. The molecule has 6 rings (SSSR count). The molecule has 1 saturated carbocycles. The lowest BCUT2D eigenvalue weighted by Crippen LogP contribution is -2.40. The van der Waals surface area contributed by atoms with Crippen molar-refractivity contribution >= 4 is 29.5 Å². The van der Waals surface area contributed by atoms with Crippen LogP contribution in [0.25, 0.3) is 5.82 Å². The summed E-state index contributed by atoms with van der Waals surface area (Å²) in [6.07, 6.45) is 0.627. The molecule has 1 atom stereocenters. The Labute approximate surface area is 253 Å². The number of ether oxygens (including phenoxy) is 1. The molecule has 3 aromatic rings. The first kappa shape index (κ1) is 29.6. The SMILES string of the molecule is Cc1ccc2nc1SNC(=O)c1ccc(-n3ccc(OCCC4(C(F)(F)F)CC4)n3)nc1N1CC(CCCN2)CC1(C)C. The number of pyridine rings is 2. The van der Waals surface area contributed by atoms with Gasteiger partial charge in [-0.05, 0) is 89.0 Å². The Balaban J connectivity index is 1.26. The van der Waals surface area contributed by atoms with Crippen LogP contribution in [0.1, 0.15) is 68.3 Å². The Hall–Kier alpha value is -3.48. The van der Waals surface area contributed by atoms with Crippen LogP contribution in [-0.4, -0.2) is 57.1 Å². The van der Waals surface area contributed by atoms with Crippen molar-refractivity contribution in [2.45, 2.75) is 76.0 Å². The van der Waals surface area contributed by atoms with Crippen LogP contribution in [0.2, 0.25) is 0 Å². The number of fused-ring (bicyclic) bond motifs is 6. The molecule has 4 bridgehead atoms. The van der Waals surface area contributed by atoms with Gasteiger partial charge in [-0.3, -0.25) is 9.52 Å². The van der Waals surface area contributed by atoms with E-state index < -0.39 is 11.6 Å². The summed E-state index contributed by atoms with van der Waals surface area (Å²) in [6, 6.07) is 9.02. The van der Waals surface area contributed by atoms with Crippen LogP contribution in [0.4, 0.5) is 24.8 Å². The van der Waals surface area contributed by atoms with E-state index in [2.05, 4.69) is 38.9 Å². The average molecular weight is 616 g/mol. The molecule has 0 radical (unpaired) electrons. The second-order valence-corrected chi connectivity index (χ2v) is 13.2. The number of hydrogen-bond acceptors (Lipinski definition) is 8. The molecular weight excluding hydrogens is 579 g/mol. The fourth-order valence-corrected chi connectivity index (χ4v) is 6.73. The molecule has 2 N–H and O–H groups in total. The molecule has 13 heteroatoms. The van der Waals surface area contributed by atoms with Crippen LogP contribution in [0.15, 0.2) is 41.6 Å². The Morgan fingerprint density at radius 1 is 1.14 bits per heavy atom. The maximum Gasteiger partial charge on any atom is 0.394 e. The van der Waals surface area contributed by atoms with E-state index in [4.69, 9.17) is 9.72 Å². The number of aromatic nitrogens is 4. The zero-order valence-corrected chi connectivity index (χ0v) is 25.3. The number of amides is 1. The van der Waals surface area contributed by atoms with Crippen molar-refractivity contribution in [1.82, 2.24) is 24.5 Å². The lowest BCUT2D eigenvalue weighted by atomic mass is 9.93. The molecule has 1 aliphatic carbocycles. The Kier molecular flexibility index (Phi) is 7.72. The maximum absolute atomic E-state index is 13.6. The first-order chi connectivity index (χ1) is 20.4. The van der Waals surface area contributed by atoms with Crippen LogP contribution in [0, 0.1) is 18.3 Å². The first-order valence-corrected chi connectivity index (χ1v) is 15.5. The first-order valence-electron chi connectivity index (χ1n) is 14.7. The highest BCUT2D eigenvalue weighted by Crippen LogP contribution is 2.59. The van der Waals surface area contributed by atoms with Gasteiger partial charge in [-0.1, -0.05) is 6.07 Å². The Morgan fingerprint density at radius 3 is 2.72 bits per heavy atom. The van der Waals surface area contributed by atoms with Crippen LogP contribution < -0.4 is 19.7 Å². The normalized spacial score (nSPS) is 21.2. The lowest BCUT2D eigenvalue weighted by Gasteiger charge is -2.34. The summed E-state index contributed by atoms with van der Waals surface area (Å²) < 4.78 is 49.9. The standard InChI is InChI=1S/C30H36F3N7O2S/c1-19-6-8-22-34-14-4-5-20-17-28(2,3)39(18-20)25-21(26(41)38-43-27(19)35-22)7-9-23(36-25)40-15-10-24(37-40)42-16-13-29(11-12-29)30(31,32)33/h6-10,15,20H,4-5,11-14,16-18H2,1-3H3,(H,34,35)(H,38,41). The fourth-order valence-electron chi connectivity index (χ4n) is 6.06. The number of rotatable bonds is 5. The van der Waals surface area contributed by atoms with E-state index in [1.54, 1.807) is 24.4 Å². The van der Waals surface area contributed by atoms with Gasteiger partial charge in [-0.2, -0.15) is 13.2 Å². The lowest BCUT2D eigenvalue weighted by molar-refractivity contribution is -0.190. The average Bonchev–Trinajstić information content (AvgIpc) is 3.51. The van der Waals surface area contributed by atoms with E-state index in [-0.39, 0.29) is 43.2 Å². The van der Waals surface area contributed by atoms with Crippen molar-refractivity contribution in [3.8, 4) is 11.7 Å². The molecule has 0 spiro atoms. The predicted octanol–water partition coefficient (Wildman–Crippen LogP) is 6.33. The smallest absolute Gasteiger partial charge is 0.394 e. The van der Waals surface area contributed by atoms with Gasteiger partial charge in [0.15, 0.2) is 5.82 Å². The number of aryl methyl sites for hydroxylation is 1. The third-order valence-corrected chi connectivity index (χ3v) is 9.69. The van der Waals surface area contributed by atoms with Gasteiger partial charge in [-0.25, -0.2) is 14.6 Å². The van der Waals surface area contributed by atoms with Crippen LogP contribution in [0.5, 0.6) is 5.88 Å². The van der Waals surface area contributed by atoms with Crippen LogP contribution in [-0.2, 0) is 0 Å². The minimum atomic E-state index is -4.21. The molecule has 9 nitrogen and oxygen atoms in total. The summed E-state index contributed by atoms with van der Waals surface area (Å²) in [6.45, 7) is 7.80. The minimum Gasteiger partial charge on any atom is -0.477 e. The summed E-state index contributed by atoms with van der Waals surface area (Å²) in [5.41, 5.74) is -0.453. The molecular formula is C30H36F3N7O2S. The van der Waals surface area contributed by atoms with Gasteiger partial charge in [0.1, 0.15) is 16.7 Å². The van der Waals surface area contributed by atoms with Gasteiger partial charge in [-0.15, -0.1) is 5.10 Å². The second-order valence-electron chi connectivity index (χ2n) is 12.4. The number of halogens is 3. The molecule has 43 heavy (non-hydrogen) atoms. The third kappa shape index (κ3) is 6.13. The van der Waals surface area contributed by atoms with Crippen molar-refractivity contribution in [3.63, 3.8) is 0 Å². The number of anilines is 2. The molecule has 5 heterocycles. The number of hydrogen-bond donors (Lipinski definition) is 2. The number of carbonyl (C=O) groups excluding carboxylic acids is 1. The Morgan fingerprint density at radius 2 is 1.95 bits per heavy atom. The third-order valence-electron chi connectivity index (χ3n) is 8.79. The van der Waals surface area contributed by atoms with Gasteiger partial charge < -0.3 is 15.0 Å². The zero-order valence-electron chi connectivity index (χ0n) is 24.5. The maximum atomic E-state index is 13.6. The highest BCUT2D eigenvalue weighted by molar-refractivity contribution is 7.98. The topological polar surface area (TPSA) is 97.2 Å². The van der Waals surface area contributed by atoms with Gasteiger partial charge in [0.05, 0.1) is 17.6 Å². The van der Waals surface area contributed by atoms with Gasteiger partial charge >= 0.3 is 6.18 Å². The van der Waals surface area contributed by atoms with E-state index in [9.17, 15) is 18.0 Å². The fraction of sp³-hybridized carbons (Fsp3) is 0.533. The summed E-state index contributed by atoms with van der Waals surface area (Å²) in [5.74, 6) is 2.20. The molecule has 2 aliphatic heterocycles. The van der Waals surface area contributed by atoms with Gasteiger partial charge in [0.25, 0.3) is 5.91 Å². The van der Waals surface area contributed by atoms with E-state index >= 15 is 0 Å². The molecule has 0 aromatic carbocycles. The van der Waals surface area contributed by atoms with Gasteiger partial charge in [0.2, 0.25) is 5.88 Å². The number of nitrogens with one attached hydrogen (secondary N) is 2. The van der Waals surface area contributed by atoms with Crippen molar-refractivity contribution in [3.05, 3.63) is 47.7 Å². The molecule has 230 valence electrons. The number of carbonyl (C=O) groups is 1. The van der Waals surface area contributed by atoms with Crippen molar-refractivity contribution < 1.29 is 22.7 Å². The van der Waals surface area contributed by atoms with Crippen molar-refractivity contribution in [1.29, 1.82) is 0 Å². The highest BCUT2D eigenvalue weighted by atomic mass is 32.2. The number of nitrogens with zero attached hydrogens (tertiary/aromatic N) is 5. The highest BCUT2D eigenvalue weighted by Gasteiger charge is 2.62. The summed E-state index contributed by atoms with van der Waals surface area (Å²) in [4.78, 5) is 25.4. The molecule has 3 aromatic heterocycles. The van der Waals surface area contributed by atoms with E-state index in [1.807, 2.05) is 19.1 Å². The molecule has 2 fully saturated rings. The minimum absolute atomic E-state index is 0.0674. The Bertz CT molecular complexity index is 1510. The molecule has 1 unspecified atom stereocenters. The van der Waals surface area contributed by atoms with Crippen molar-refractivity contribution in [2.24, 2.45) is 11.3 Å². The largest absolute Gasteiger partial charge is 0.477 e. The molecule has 1 saturated heterocycles. The second kappa shape index (κ2) is 11.2. The quantitative estimate of drug-likeness (QED) is 0.322. The van der Waals surface area contributed by atoms with Crippen LogP contribution >= 0.6 is 11.9 Å². The number of alkyl halides is 3. The van der Waals surface area contributed by atoms with Crippen molar-refractivity contribution in [2.75, 3.05) is 29.9 Å². The van der Waals surface area contributed by atoms with Crippen LogP contribution in [0.3, 0.4) is 0 Å². The molecule has 3 aliphatic rings. The van der Waals surface area contributed by atoms with E-state index in [0.717, 1.165) is 43.7 Å².